The number of rotatable bonds is 3. The van der Waals surface area contributed by atoms with Crippen LogP contribution in [0.15, 0.2) is 22.7 Å². The molecule has 6 heteroatoms. The summed E-state index contributed by atoms with van der Waals surface area (Å²) in [4.78, 5) is 9.98. The van der Waals surface area contributed by atoms with Crippen molar-refractivity contribution in [2.75, 3.05) is 6.61 Å². The zero-order valence-electron chi connectivity index (χ0n) is 6.94. The van der Waals surface area contributed by atoms with Crippen molar-refractivity contribution in [2.45, 2.75) is 0 Å². The summed E-state index contributed by atoms with van der Waals surface area (Å²) in [6.07, 6.45) is 0. The van der Waals surface area contributed by atoms with Gasteiger partial charge in [0, 0.05) is 0 Å². The number of nitro groups is 1. The Morgan fingerprint density at radius 1 is 1.64 bits per heavy atom. The van der Waals surface area contributed by atoms with E-state index in [9.17, 15) is 10.1 Å². The van der Waals surface area contributed by atoms with E-state index in [0.29, 0.717) is 10.2 Å². The van der Waals surface area contributed by atoms with Crippen molar-refractivity contribution in [2.24, 2.45) is 0 Å². The fourth-order valence-electron chi connectivity index (χ4n) is 0.838. The minimum atomic E-state index is -0.524. The first-order chi connectivity index (χ1) is 6.65. The van der Waals surface area contributed by atoms with Crippen molar-refractivity contribution in [3.8, 4) is 11.8 Å². The van der Waals surface area contributed by atoms with E-state index in [1.54, 1.807) is 12.1 Å². The Labute approximate surface area is 88.2 Å². The molecule has 0 radical (unpaired) electrons. The molecule has 1 aromatic carbocycles. The average molecular weight is 257 g/mol. The molecule has 0 aliphatic heterocycles. The molecule has 0 amide bonds. The van der Waals surface area contributed by atoms with Gasteiger partial charge in [0.1, 0.15) is 11.8 Å². The lowest BCUT2D eigenvalue weighted by Gasteiger charge is -2.01. The topological polar surface area (TPSA) is 76.2 Å². The van der Waals surface area contributed by atoms with E-state index < -0.39 is 4.92 Å². The Hall–Kier alpha value is -1.61. The van der Waals surface area contributed by atoms with Gasteiger partial charge in [0.05, 0.1) is 15.5 Å². The van der Waals surface area contributed by atoms with Crippen LogP contribution < -0.4 is 4.74 Å². The molecule has 1 aromatic rings. The fourth-order valence-corrected chi connectivity index (χ4v) is 1.23. The number of nitrogens with zero attached hydrogens (tertiary/aromatic N) is 2. The lowest BCUT2D eigenvalue weighted by molar-refractivity contribution is -0.385. The largest absolute Gasteiger partial charge is 0.478 e. The average Bonchev–Trinajstić information content (AvgIpc) is 2.16. The lowest BCUT2D eigenvalue weighted by Crippen LogP contribution is -1.95. The van der Waals surface area contributed by atoms with Crippen LogP contribution in [0.3, 0.4) is 0 Å². The molecule has 0 atom stereocenters. The Kier molecular flexibility index (Phi) is 3.42. The van der Waals surface area contributed by atoms with Gasteiger partial charge in [-0.1, -0.05) is 0 Å². The van der Waals surface area contributed by atoms with E-state index >= 15 is 0 Å². The van der Waals surface area contributed by atoms with Gasteiger partial charge in [-0.15, -0.1) is 0 Å². The third-order valence-corrected chi connectivity index (χ3v) is 2.09. The molecule has 0 fully saturated rings. The van der Waals surface area contributed by atoms with Gasteiger partial charge in [-0.25, -0.2) is 0 Å². The summed E-state index contributed by atoms with van der Waals surface area (Å²) in [5, 5.41) is 18.7. The van der Waals surface area contributed by atoms with Crippen molar-refractivity contribution in [1.82, 2.24) is 0 Å². The monoisotopic (exact) mass is 256 g/mol. The first kappa shape index (κ1) is 10.5. The van der Waals surface area contributed by atoms with Crippen molar-refractivity contribution >= 4 is 21.6 Å². The highest BCUT2D eigenvalue weighted by molar-refractivity contribution is 9.10. The quantitative estimate of drug-likeness (QED) is 0.614. The first-order valence-electron chi connectivity index (χ1n) is 3.59. The Morgan fingerprint density at radius 2 is 2.36 bits per heavy atom. The van der Waals surface area contributed by atoms with Crippen molar-refractivity contribution in [1.29, 1.82) is 5.26 Å². The number of nitro benzene ring substituents is 1. The van der Waals surface area contributed by atoms with E-state index in [-0.39, 0.29) is 12.3 Å². The maximum Gasteiger partial charge on any atom is 0.287 e. The summed E-state index contributed by atoms with van der Waals surface area (Å²) in [5.74, 6) is 0.307. The molecule has 1 rings (SSSR count). The van der Waals surface area contributed by atoms with E-state index in [1.807, 2.05) is 0 Å². The summed E-state index contributed by atoms with van der Waals surface area (Å²) >= 11 is 3.04. The van der Waals surface area contributed by atoms with Crippen LogP contribution in [0.1, 0.15) is 0 Å². The molecule has 14 heavy (non-hydrogen) atoms. The smallest absolute Gasteiger partial charge is 0.287 e. The molecular formula is C8H5BrN2O3. The maximum atomic E-state index is 10.5. The molecule has 0 bridgehead atoms. The van der Waals surface area contributed by atoms with Gasteiger partial charge in [-0.05, 0) is 28.1 Å². The fraction of sp³-hybridized carbons (Fsp3) is 0.125. The van der Waals surface area contributed by atoms with E-state index in [0.717, 1.165) is 0 Å². The Morgan fingerprint density at radius 3 is 2.93 bits per heavy atom. The molecular weight excluding hydrogens is 252 g/mol. The molecule has 0 heterocycles. The SMILES string of the molecule is N#CCOc1ccc(Br)c([N+](=O)[O-])c1. The van der Waals surface area contributed by atoms with Crippen LogP contribution in [0.2, 0.25) is 0 Å². The van der Waals surface area contributed by atoms with Crippen LogP contribution in [0.4, 0.5) is 5.69 Å². The summed E-state index contributed by atoms with van der Waals surface area (Å²) in [5.41, 5.74) is -0.0829. The predicted molar refractivity (Wildman–Crippen MR) is 51.9 cm³/mol. The molecule has 0 spiro atoms. The van der Waals surface area contributed by atoms with Crippen molar-refractivity contribution < 1.29 is 9.66 Å². The second-order valence-corrected chi connectivity index (χ2v) is 3.17. The van der Waals surface area contributed by atoms with Crippen LogP contribution in [-0.4, -0.2) is 11.5 Å². The standard InChI is InChI=1S/C8H5BrN2O3/c9-7-2-1-6(14-4-3-10)5-8(7)11(12)13/h1-2,5H,4H2. The maximum absolute atomic E-state index is 10.5. The summed E-state index contributed by atoms with van der Waals surface area (Å²) in [6, 6.07) is 6.10. The van der Waals surface area contributed by atoms with Gasteiger partial charge < -0.3 is 4.74 Å². The molecule has 72 valence electrons. The van der Waals surface area contributed by atoms with Gasteiger partial charge in [0.25, 0.3) is 5.69 Å². The number of hydrogen-bond donors (Lipinski definition) is 0. The van der Waals surface area contributed by atoms with Crippen molar-refractivity contribution in [3.63, 3.8) is 0 Å². The third-order valence-electron chi connectivity index (χ3n) is 1.42. The second-order valence-electron chi connectivity index (χ2n) is 2.32. The first-order valence-corrected chi connectivity index (χ1v) is 4.38. The molecule has 0 saturated carbocycles. The zero-order chi connectivity index (χ0) is 10.6. The highest BCUT2D eigenvalue weighted by Gasteiger charge is 2.12. The summed E-state index contributed by atoms with van der Waals surface area (Å²) in [6.45, 7) is -0.126. The van der Waals surface area contributed by atoms with Gasteiger partial charge >= 0.3 is 0 Å². The Balaban J connectivity index is 2.96. The lowest BCUT2D eigenvalue weighted by atomic mass is 10.3. The van der Waals surface area contributed by atoms with Gasteiger partial charge in [-0.3, -0.25) is 10.1 Å². The summed E-state index contributed by atoms with van der Waals surface area (Å²) < 4.78 is 5.30. The van der Waals surface area contributed by atoms with Gasteiger partial charge in [0.15, 0.2) is 6.61 Å². The minimum Gasteiger partial charge on any atom is -0.478 e. The second kappa shape index (κ2) is 4.58. The third kappa shape index (κ3) is 2.44. The molecule has 0 aliphatic carbocycles. The highest BCUT2D eigenvalue weighted by atomic mass is 79.9. The van der Waals surface area contributed by atoms with Gasteiger partial charge in [-0.2, -0.15) is 5.26 Å². The van der Waals surface area contributed by atoms with Crippen LogP contribution in [0, 0.1) is 21.4 Å². The van der Waals surface area contributed by atoms with Crippen LogP contribution in [0.25, 0.3) is 0 Å². The molecule has 0 aromatic heterocycles. The minimum absolute atomic E-state index is 0.0829. The van der Waals surface area contributed by atoms with Gasteiger partial charge in [0.2, 0.25) is 0 Å². The predicted octanol–water partition coefficient (Wildman–Crippen LogP) is 2.26. The molecule has 0 aliphatic rings. The molecule has 0 saturated heterocycles. The number of hydrogen-bond acceptors (Lipinski definition) is 4. The zero-order valence-corrected chi connectivity index (χ0v) is 8.52. The summed E-state index contributed by atoms with van der Waals surface area (Å²) in [7, 11) is 0. The normalized spacial score (nSPS) is 9.14. The number of halogens is 1. The number of benzene rings is 1. The van der Waals surface area contributed by atoms with E-state index in [2.05, 4.69) is 15.9 Å². The molecule has 0 N–H and O–H groups in total. The van der Waals surface area contributed by atoms with Crippen LogP contribution in [-0.2, 0) is 0 Å². The number of nitriles is 1. The van der Waals surface area contributed by atoms with Crippen molar-refractivity contribution in [3.05, 3.63) is 32.8 Å². The molecule has 5 nitrogen and oxygen atoms in total. The van der Waals surface area contributed by atoms with E-state index in [4.69, 9.17) is 10.00 Å². The highest BCUT2D eigenvalue weighted by Crippen LogP contribution is 2.28. The Bertz CT molecular complexity index is 400. The van der Waals surface area contributed by atoms with Crippen LogP contribution >= 0.6 is 15.9 Å². The van der Waals surface area contributed by atoms with E-state index in [1.165, 1.54) is 12.1 Å². The number of ether oxygens (including phenoxy) is 1. The van der Waals surface area contributed by atoms with Crippen LogP contribution in [0.5, 0.6) is 5.75 Å². The molecule has 0 unspecified atom stereocenters.